The second-order valence-corrected chi connectivity index (χ2v) is 4.59. The van der Waals surface area contributed by atoms with E-state index in [-0.39, 0.29) is 0 Å². The maximum absolute atomic E-state index is 5.25. The molecule has 1 N–H and O–H groups in total. The lowest BCUT2D eigenvalue weighted by Gasteiger charge is -2.09. The largest absolute Gasteiger partial charge is 0.497 e. The van der Waals surface area contributed by atoms with Gasteiger partial charge in [-0.15, -0.1) is 0 Å². The van der Waals surface area contributed by atoms with E-state index in [1.807, 2.05) is 42.9 Å². The molecule has 0 aliphatic rings. The molecule has 4 nitrogen and oxygen atoms in total. The van der Waals surface area contributed by atoms with Crippen LogP contribution >= 0.6 is 15.9 Å². The Morgan fingerprint density at radius 3 is 2.76 bits per heavy atom. The van der Waals surface area contributed by atoms with E-state index < -0.39 is 0 Å². The Hall–Kier alpha value is -1.49. The maximum Gasteiger partial charge on any atom is 0.207 e. The molecule has 0 saturated heterocycles. The molecule has 1 aromatic carbocycles. The SMILES string of the molecule is CNc1nc(C)cn1-c1cc(Br)cc(OC)c1. The van der Waals surface area contributed by atoms with E-state index in [0.29, 0.717) is 0 Å². The van der Waals surface area contributed by atoms with Crippen LogP contribution in [-0.4, -0.2) is 23.7 Å². The molecule has 0 aliphatic carbocycles. The molecule has 1 heterocycles. The number of imidazole rings is 1. The lowest BCUT2D eigenvalue weighted by Crippen LogP contribution is -2.00. The first-order chi connectivity index (χ1) is 8.13. The Kier molecular flexibility index (Phi) is 3.38. The number of ether oxygens (including phenoxy) is 1. The normalized spacial score (nSPS) is 10.4. The average molecular weight is 296 g/mol. The fourth-order valence-corrected chi connectivity index (χ4v) is 2.14. The van der Waals surface area contributed by atoms with E-state index in [4.69, 9.17) is 4.74 Å². The van der Waals surface area contributed by atoms with Crippen molar-refractivity contribution in [3.05, 3.63) is 34.6 Å². The van der Waals surface area contributed by atoms with Gasteiger partial charge < -0.3 is 10.1 Å². The molecule has 0 fully saturated rings. The van der Waals surface area contributed by atoms with E-state index >= 15 is 0 Å². The van der Waals surface area contributed by atoms with Crippen LogP contribution in [0.5, 0.6) is 5.75 Å². The van der Waals surface area contributed by atoms with Gasteiger partial charge in [-0.25, -0.2) is 4.98 Å². The van der Waals surface area contributed by atoms with Crippen molar-refractivity contribution >= 4 is 21.9 Å². The van der Waals surface area contributed by atoms with E-state index in [9.17, 15) is 0 Å². The van der Waals surface area contributed by atoms with Crippen LogP contribution in [0.2, 0.25) is 0 Å². The minimum Gasteiger partial charge on any atom is -0.497 e. The van der Waals surface area contributed by atoms with Gasteiger partial charge >= 0.3 is 0 Å². The summed E-state index contributed by atoms with van der Waals surface area (Å²) in [6.45, 7) is 1.96. The van der Waals surface area contributed by atoms with Gasteiger partial charge in [0.05, 0.1) is 18.5 Å². The standard InChI is InChI=1S/C12H14BrN3O/c1-8-7-16(12(14-2)15-8)10-4-9(13)5-11(6-10)17-3/h4-7H,1-3H3,(H,14,15). The highest BCUT2D eigenvalue weighted by Crippen LogP contribution is 2.25. The fourth-order valence-electron chi connectivity index (χ4n) is 1.68. The number of nitrogens with zero attached hydrogens (tertiary/aromatic N) is 2. The zero-order valence-corrected chi connectivity index (χ0v) is 11.6. The van der Waals surface area contributed by atoms with Gasteiger partial charge in [0.25, 0.3) is 0 Å². The van der Waals surface area contributed by atoms with Gasteiger partial charge in [-0.3, -0.25) is 4.57 Å². The number of benzene rings is 1. The summed E-state index contributed by atoms with van der Waals surface area (Å²) in [5, 5.41) is 3.07. The van der Waals surface area contributed by atoms with Crippen LogP contribution in [0, 0.1) is 6.92 Å². The summed E-state index contributed by atoms with van der Waals surface area (Å²) in [5.74, 6) is 1.62. The van der Waals surface area contributed by atoms with Crippen molar-refractivity contribution in [1.82, 2.24) is 9.55 Å². The van der Waals surface area contributed by atoms with E-state index in [1.54, 1.807) is 7.11 Å². The van der Waals surface area contributed by atoms with Crippen LogP contribution < -0.4 is 10.1 Å². The van der Waals surface area contributed by atoms with Crippen molar-refractivity contribution in [2.75, 3.05) is 19.5 Å². The van der Waals surface area contributed by atoms with Gasteiger partial charge in [0.1, 0.15) is 5.75 Å². The summed E-state index contributed by atoms with van der Waals surface area (Å²) in [6, 6.07) is 5.91. The highest BCUT2D eigenvalue weighted by molar-refractivity contribution is 9.10. The second-order valence-electron chi connectivity index (χ2n) is 3.68. The molecule has 0 aliphatic heterocycles. The number of aromatic nitrogens is 2. The Balaban J connectivity index is 2.55. The average Bonchev–Trinajstić information content (AvgIpc) is 2.69. The molecule has 2 rings (SSSR count). The van der Waals surface area contributed by atoms with Crippen molar-refractivity contribution in [2.45, 2.75) is 6.92 Å². The first kappa shape index (κ1) is 12.0. The number of anilines is 1. The number of hydrogen-bond acceptors (Lipinski definition) is 3. The summed E-state index contributed by atoms with van der Waals surface area (Å²) in [6.07, 6.45) is 1.98. The van der Waals surface area contributed by atoms with Gasteiger partial charge in [-0.2, -0.15) is 0 Å². The van der Waals surface area contributed by atoms with Gasteiger partial charge in [0.2, 0.25) is 5.95 Å². The summed E-state index contributed by atoms with van der Waals surface area (Å²) < 4.78 is 8.21. The third kappa shape index (κ3) is 2.44. The zero-order chi connectivity index (χ0) is 12.4. The van der Waals surface area contributed by atoms with Crippen molar-refractivity contribution in [3.63, 3.8) is 0 Å². The summed E-state index contributed by atoms with van der Waals surface area (Å²) in [5.41, 5.74) is 1.97. The lowest BCUT2D eigenvalue weighted by atomic mass is 10.3. The molecule has 0 bridgehead atoms. The predicted molar refractivity (Wildman–Crippen MR) is 72.1 cm³/mol. The van der Waals surface area contributed by atoms with Crippen LogP contribution in [0.1, 0.15) is 5.69 Å². The van der Waals surface area contributed by atoms with E-state index in [0.717, 1.165) is 27.6 Å². The zero-order valence-electron chi connectivity index (χ0n) is 9.99. The lowest BCUT2D eigenvalue weighted by molar-refractivity contribution is 0.414. The minimum atomic E-state index is 0.808. The number of rotatable bonds is 3. The smallest absolute Gasteiger partial charge is 0.207 e. The molecule has 0 radical (unpaired) electrons. The number of hydrogen-bond donors (Lipinski definition) is 1. The minimum absolute atomic E-state index is 0.808. The Morgan fingerprint density at radius 1 is 1.35 bits per heavy atom. The molecule has 0 amide bonds. The topological polar surface area (TPSA) is 39.1 Å². The van der Waals surface area contributed by atoms with E-state index in [2.05, 4.69) is 26.2 Å². The molecule has 0 saturated carbocycles. The second kappa shape index (κ2) is 4.79. The van der Waals surface area contributed by atoms with Crippen molar-refractivity contribution < 1.29 is 4.74 Å². The molecular formula is C12H14BrN3O. The van der Waals surface area contributed by atoms with Crippen molar-refractivity contribution in [3.8, 4) is 11.4 Å². The predicted octanol–water partition coefficient (Wildman–Crippen LogP) is 2.99. The Bertz CT molecular complexity index is 537. The maximum atomic E-state index is 5.25. The number of aryl methyl sites for hydroxylation is 1. The molecule has 2 aromatic rings. The van der Waals surface area contributed by atoms with Crippen LogP contribution in [0.25, 0.3) is 5.69 Å². The molecule has 0 spiro atoms. The summed E-state index contributed by atoms with van der Waals surface area (Å²) >= 11 is 3.47. The van der Waals surface area contributed by atoms with Crippen LogP contribution in [0.4, 0.5) is 5.95 Å². The van der Waals surface area contributed by atoms with Gasteiger partial charge in [-0.1, -0.05) is 15.9 Å². The summed E-state index contributed by atoms with van der Waals surface area (Å²) in [4.78, 5) is 4.39. The third-order valence-electron chi connectivity index (χ3n) is 2.42. The van der Waals surface area contributed by atoms with Crippen LogP contribution in [0.15, 0.2) is 28.9 Å². The van der Waals surface area contributed by atoms with Crippen molar-refractivity contribution in [2.24, 2.45) is 0 Å². The first-order valence-corrected chi connectivity index (χ1v) is 6.02. The van der Waals surface area contributed by atoms with Crippen molar-refractivity contribution in [1.29, 1.82) is 0 Å². The molecule has 1 aromatic heterocycles. The Morgan fingerprint density at radius 2 is 2.12 bits per heavy atom. The number of methoxy groups -OCH3 is 1. The third-order valence-corrected chi connectivity index (χ3v) is 2.88. The monoisotopic (exact) mass is 295 g/mol. The first-order valence-electron chi connectivity index (χ1n) is 5.22. The highest BCUT2D eigenvalue weighted by atomic mass is 79.9. The molecule has 0 atom stereocenters. The fraction of sp³-hybridized carbons (Fsp3) is 0.250. The molecular weight excluding hydrogens is 282 g/mol. The van der Waals surface area contributed by atoms with Crippen LogP contribution in [0.3, 0.4) is 0 Å². The van der Waals surface area contributed by atoms with Gasteiger partial charge in [0.15, 0.2) is 0 Å². The number of nitrogens with one attached hydrogen (secondary N) is 1. The molecule has 90 valence electrons. The van der Waals surface area contributed by atoms with Gasteiger partial charge in [-0.05, 0) is 19.1 Å². The quantitative estimate of drug-likeness (QED) is 0.946. The molecule has 0 unspecified atom stereocenters. The Labute approximate surface area is 109 Å². The van der Waals surface area contributed by atoms with E-state index in [1.165, 1.54) is 0 Å². The van der Waals surface area contributed by atoms with Gasteiger partial charge in [0, 0.05) is 23.8 Å². The molecule has 17 heavy (non-hydrogen) atoms. The summed E-state index contributed by atoms with van der Waals surface area (Å²) in [7, 11) is 3.51. The van der Waals surface area contributed by atoms with Crippen LogP contribution in [-0.2, 0) is 0 Å². The highest BCUT2D eigenvalue weighted by Gasteiger charge is 2.08. The molecule has 5 heteroatoms. The number of halogens is 1.